The molecule has 0 aromatic carbocycles. The summed E-state index contributed by atoms with van der Waals surface area (Å²) >= 11 is 0. The van der Waals surface area contributed by atoms with Crippen LogP contribution in [0.5, 0.6) is 5.75 Å². The predicted molar refractivity (Wildman–Crippen MR) is 131 cm³/mol. The summed E-state index contributed by atoms with van der Waals surface area (Å²) in [4.78, 5) is 28.0. The van der Waals surface area contributed by atoms with Gasteiger partial charge in [0.2, 0.25) is 5.91 Å². The van der Waals surface area contributed by atoms with Gasteiger partial charge < -0.3 is 15.4 Å². The van der Waals surface area contributed by atoms with Gasteiger partial charge in [-0.2, -0.15) is 5.10 Å². The highest BCUT2D eigenvalue weighted by Gasteiger charge is 2.47. The fourth-order valence-electron chi connectivity index (χ4n) is 3.64. The summed E-state index contributed by atoms with van der Waals surface area (Å²) in [5.41, 5.74) is 1.06. The van der Waals surface area contributed by atoms with Crippen LogP contribution in [0.2, 0.25) is 0 Å². The van der Waals surface area contributed by atoms with Crippen molar-refractivity contribution < 1.29 is 27.5 Å². The van der Waals surface area contributed by atoms with Gasteiger partial charge in [-0.15, -0.1) is 22.6 Å². The first-order valence-electron chi connectivity index (χ1n) is 11.6. The molecule has 15 heteroatoms. The van der Waals surface area contributed by atoms with Crippen LogP contribution in [0.25, 0.3) is 0 Å². The third kappa shape index (κ3) is 8.10. The van der Waals surface area contributed by atoms with Crippen molar-refractivity contribution in [2.24, 2.45) is 0 Å². The predicted octanol–water partition coefficient (Wildman–Crippen LogP) is 2.57. The summed E-state index contributed by atoms with van der Waals surface area (Å²) in [6.07, 6.45) is 0.762. The fourth-order valence-corrected chi connectivity index (χ4v) is 3.64. The number of anilines is 1. The maximum atomic E-state index is 14.3. The third-order valence-electron chi connectivity index (χ3n) is 5.57. The van der Waals surface area contributed by atoms with Crippen molar-refractivity contribution in [3.8, 4) is 5.75 Å². The fraction of sp³-hybridized carbons (Fsp3) is 0.435. The van der Waals surface area contributed by atoms with Crippen LogP contribution in [0.3, 0.4) is 0 Å². The first-order chi connectivity index (χ1) is 17.7. The second kappa shape index (κ2) is 12.6. The SMILES string of the molecule is CNC(=O)c1cn(C[C@H](F)CCc2ccc(NC(=O)Cc3cc(OC4CC(F)(F)C4)ccn3)nn2)nn1.Cl. The molecule has 0 spiro atoms. The number of aryl methyl sites for hydroxylation is 1. The Morgan fingerprint density at radius 2 is 1.97 bits per heavy atom. The Hall–Kier alpha value is -3.81. The number of hydrogen-bond donors (Lipinski definition) is 2. The van der Waals surface area contributed by atoms with Crippen molar-refractivity contribution in [2.75, 3.05) is 12.4 Å². The second-order valence-electron chi connectivity index (χ2n) is 8.66. The van der Waals surface area contributed by atoms with Crippen molar-refractivity contribution in [1.29, 1.82) is 0 Å². The van der Waals surface area contributed by atoms with Gasteiger partial charge in [-0.25, -0.2) is 17.9 Å². The lowest BCUT2D eigenvalue weighted by Gasteiger charge is -2.34. The molecule has 3 aromatic heterocycles. The number of pyridine rings is 1. The lowest BCUT2D eigenvalue weighted by molar-refractivity contribution is -0.134. The van der Waals surface area contributed by atoms with Crippen LogP contribution in [0.4, 0.5) is 19.0 Å². The van der Waals surface area contributed by atoms with Crippen LogP contribution in [0.1, 0.15) is 41.1 Å². The minimum atomic E-state index is -2.68. The maximum Gasteiger partial charge on any atom is 0.273 e. The molecule has 1 fully saturated rings. The molecule has 38 heavy (non-hydrogen) atoms. The van der Waals surface area contributed by atoms with Gasteiger partial charge in [0.25, 0.3) is 11.8 Å². The van der Waals surface area contributed by atoms with Gasteiger partial charge in [-0.05, 0) is 31.0 Å². The van der Waals surface area contributed by atoms with E-state index in [1.165, 1.54) is 30.2 Å². The number of nitrogens with one attached hydrogen (secondary N) is 2. The quantitative estimate of drug-likeness (QED) is 0.369. The van der Waals surface area contributed by atoms with E-state index in [1.54, 1.807) is 18.2 Å². The maximum absolute atomic E-state index is 14.3. The Morgan fingerprint density at radius 1 is 1.18 bits per heavy atom. The molecule has 3 heterocycles. The average molecular weight is 555 g/mol. The van der Waals surface area contributed by atoms with Crippen LogP contribution in [-0.4, -0.2) is 67.2 Å². The molecule has 204 valence electrons. The van der Waals surface area contributed by atoms with E-state index >= 15 is 0 Å². The number of rotatable bonds is 11. The molecule has 3 aromatic rings. The molecule has 4 rings (SSSR count). The number of carbonyl (C=O) groups is 2. The number of amides is 2. The minimum Gasteiger partial charge on any atom is -0.490 e. The lowest BCUT2D eigenvalue weighted by Crippen LogP contribution is -2.43. The number of nitrogens with zero attached hydrogens (tertiary/aromatic N) is 6. The van der Waals surface area contributed by atoms with E-state index in [4.69, 9.17) is 4.74 Å². The third-order valence-corrected chi connectivity index (χ3v) is 5.57. The number of aromatic nitrogens is 6. The Labute approximate surface area is 222 Å². The molecule has 1 atom stereocenters. The van der Waals surface area contributed by atoms with Crippen molar-refractivity contribution >= 4 is 30.0 Å². The van der Waals surface area contributed by atoms with Crippen LogP contribution in [-0.2, 0) is 24.2 Å². The summed E-state index contributed by atoms with van der Waals surface area (Å²) in [5.74, 6) is -2.87. The lowest BCUT2D eigenvalue weighted by atomic mass is 9.91. The minimum absolute atomic E-state index is 0. The number of halogens is 4. The Kier molecular flexibility index (Phi) is 9.55. The number of alkyl halides is 3. The molecule has 1 saturated carbocycles. The standard InChI is InChI=1S/C23H25F3N8O3.ClH/c1-27-22(36)19-13-34(33-31-19)12-14(24)2-3-15-4-5-20(32-30-15)29-21(35)9-16-8-17(6-7-28-16)37-18-10-23(25,26)11-18;/h4-8,13-14,18H,2-3,9-12H2,1H3,(H,27,36)(H,29,32,35);1H/t14-;/m1./s1. The monoisotopic (exact) mass is 554 g/mol. The van der Waals surface area contributed by atoms with Gasteiger partial charge in [-0.1, -0.05) is 5.21 Å². The molecule has 11 nitrogen and oxygen atoms in total. The van der Waals surface area contributed by atoms with Crippen molar-refractivity contribution in [3.05, 3.63) is 53.7 Å². The number of carbonyl (C=O) groups excluding carboxylic acids is 2. The molecule has 0 bridgehead atoms. The van der Waals surface area contributed by atoms with E-state index in [2.05, 4.69) is 36.1 Å². The van der Waals surface area contributed by atoms with Gasteiger partial charge in [0, 0.05) is 32.2 Å². The first-order valence-corrected chi connectivity index (χ1v) is 11.6. The zero-order valence-electron chi connectivity index (χ0n) is 20.3. The van der Waals surface area contributed by atoms with E-state index < -0.39 is 30.0 Å². The Bertz CT molecular complexity index is 1240. The van der Waals surface area contributed by atoms with E-state index in [0.29, 0.717) is 23.6 Å². The Morgan fingerprint density at radius 3 is 2.66 bits per heavy atom. The molecular weight excluding hydrogens is 529 g/mol. The molecular formula is C23H26ClF3N8O3. The van der Waals surface area contributed by atoms with Crippen LogP contribution in [0.15, 0.2) is 36.7 Å². The summed E-state index contributed by atoms with van der Waals surface area (Å²) in [7, 11) is 1.47. The molecule has 0 radical (unpaired) electrons. The van der Waals surface area contributed by atoms with Crippen LogP contribution in [0, 0.1) is 0 Å². The number of ether oxygens (including phenoxy) is 1. The Balaban J connectivity index is 0.00000400. The smallest absolute Gasteiger partial charge is 0.273 e. The average Bonchev–Trinajstić information content (AvgIpc) is 3.30. The van der Waals surface area contributed by atoms with Gasteiger partial charge in [-0.3, -0.25) is 14.6 Å². The van der Waals surface area contributed by atoms with Gasteiger partial charge >= 0.3 is 0 Å². The number of hydrogen-bond acceptors (Lipinski definition) is 8. The van der Waals surface area contributed by atoms with Crippen molar-refractivity contribution in [1.82, 2.24) is 35.5 Å². The van der Waals surface area contributed by atoms with E-state index in [9.17, 15) is 22.8 Å². The molecule has 0 aliphatic heterocycles. The highest BCUT2D eigenvalue weighted by molar-refractivity contribution is 5.91. The highest BCUT2D eigenvalue weighted by Crippen LogP contribution is 2.39. The molecule has 1 aliphatic carbocycles. The zero-order valence-corrected chi connectivity index (χ0v) is 21.1. The first kappa shape index (κ1) is 28.8. The second-order valence-corrected chi connectivity index (χ2v) is 8.66. The van der Waals surface area contributed by atoms with E-state index in [-0.39, 0.29) is 56.1 Å². The van der Waals surface area contributed by atoms with Gasteiger partial charge in [0.1, 0.15) is 18.0 Å². The molecule has 0 unspecified atom stereocenters. The van der Waals surface area contributed by atoms with Crippen LogP contribution < -0.4 is 15.4 Å². The molecule has 1 aliphatic rings. The summed E-state index contributed by atoms with van der Waals surface area (Å²) < 4.78 is 47.1. The summed E-state index contributed by atoms with van der Waals surface area (Å²) in [6, 6.07) is 6.29. The topological polar surface area (TPSA) is 137 Å². The molecule has 2 amide bonds. The zero-order chi connectivity index (χ0) is 26.4. The molecule has 0 saturated heterocycles. The van der Waals surface area contributed by atoms with E-state index in [1.807, 2.05) is 0 Å². The van der Waals surface area contributed by atoms with Gasteiger partial charge in [0.15, 0.2) is 11.5 Å². The van der Waals surface area contributed by atoms with Crippen LogP contribution >= 0.6 is 12.4 Å². The van der Waals surface area contributed by atoms with Crippen molar-refractivity contribution in [2.45, 2.75) is 56.8 Å². The van der Waals surface area contributed by atoms with E-state index in [0.717, 1.165) is 0 Å². The largest absolute Gasteiger partial charge is 0.490 e. The highest BCUT2D eigenvalue weighted by atomic mass is 35.5. The normalized spacial score (nSPS) is 15.1. The van der Waals surface area contributed by atoms with Crippen molar-refractivity contribution in [3.63, 3.8) is 0 Å². The summed E-state index contributed by atoms with van der Waals surface area (Å²) in [6.45, 7) is -0.0566. The summed E-state index contributed by atoms with van der Waals surface area (Å²) in [5, 5.41) is 20.4. The molecule has 2 N–H and O–H groups in total. The van der Waals surface area contributed by atoms with Gasteiger partial charge in [0.05, 0.1) is 30.6 Å².